The van der Waals surface area contributed by atoms with Crippen LogP contribution in [0.3, 0.4) is 0 Å². The fourth-order valence-electron chi connectivity index (χ4n) is 4.30. The van der Waals surface area contributed by atoms with Crippen LogP contribution in [0.4, 0.5) is 4.79 Å². The third-order valence-corrected chi connectivity index (χ3v) is 5.65. The zero-order chi connectivity index (χ0) is 18.4. The van der Waals surface area contributed by atoms with Gasteiger partial charge >= 0.3 is 12.0 Å². The Morgan fingerprint density at radius 1 is 1.22 bits per heavy atom. The second kappa shape index (κ2) is 9.95. The summed E-state index contributed by atoms with van der Waals surface area (Å²) in [6, 6.07) is 10.6. The molecule has 1 aromatic carbocycles. The van der Waals surface area contributed by atoms with Gasteiger partial charge in [-0.05, 0) is 44.3 Å². The zero-order valence-corrected chi connectivity index (χ0v) is 16.7. The van der Waals surface area contributed by atoms with E-state index in [2.05, 4.69) is 27.7 Å². The molecule has 1 atom stereocenters. The molecule has 0 radical (unpaired) electrons. The minimum atomic E-state index is -0.337. The molecular formula is C20H30ClN3O3. The summed E-state index contributed by atoms with van der Waals surface area (Å²) in [4.78, 5) is 26.3. The van der Waals surface area contributed by atoms with E-state index in [1.807, 2.05) is 18.2 Å². The smallest absolute Gasteiger partial charge is 0.318 e. The molecule has 0 aliphatic carbocycles. The Hall–Kier alpha value is -1.79. The molecule has 2 amide bonds. The lowest BCUT2D eigenvalue weighted by molar-refractivity contribution is -0.140. The number of rotatable bonds is 7. The number of halogens is 1. The average molecular weight is 396 g/mol. The minimum Gasteiger partial charge on any atom is -0.469 e. The molecule has 2 aliphatic heterocycles. The number of nitrogens with zero attached hydrogens (tertiary/aromatic N) is 1. The van der Waals surface area contributed by atoms with Crippen LogP contribution in [0.1, 0.15) is 44.1 Å². The number of carbonyl (C=O) groups excluding carboxylic acids is 2. The van der Waals surface area contributed by atoms with Crippen molar-refractivity contribution in [2.24, 2.45) is 0 Å². The first kappa shape index (κ1) is 21.5. The van der Waals surface area contributed by atoms with Crippen LogP contribution in [-0.4, -0.2) is 49.7 Å². The third kappa shape index (κ3) is 4.74. The van der Waals surface area contributed by atoms with Crippen molar-refractivity contribution < 1.29 is 14.3 Å². The van der Waals surface area contributed by atoms with Gasteiger partial charge in [-0.15, -0.1) is 12.4 Å². The van der Waals surface area contributed by atoms with Gasteiger partial charge in [0.15, 0.2) is 0 Å². The summed E-state index contributed by atoms with van der Waals surface area (Å²) < 4.78 is 4.74. The second-order valence-electron chi connectivity index (χ2n) is 7.19. The molecular weight excluding hydrogens is 366 g/mol. The van der Waals surface area contributed by atoms with Crippen LogP contribution in [0.5, 0.6) is 0 Å². The number of ether oxygens (including phenoxy) is 1. The lowest BCUT2D eigenvalue weighted by Gasteiger charge is -2.44. The number of esters is 1. The van der Waals surface area contributed by atoms with Crippen LogP contribution in [0, 0.1) is 0 Å². The Morgan fingerprint density at radius 2 is 1.93 bits per heavy atom. The molecule has 0 aromatic heterocycles. The van der Waals surface area contributed by atoms with Crippen LogP contribution in [-0.2, 0) is 15.1 Å². The number of hydrogen-bond acceptors (Lipinski definition) is 4. The molecule has 2 heterocycles. The normalized spacial score (nSPS) is 22.9. The summed E-state index contributed by atoms with van der Waals surface area (Å²) in [5, 5.41) is 6.47. The highest BCUT2D eigenvalue weighted by atomic mass is 35.5. The van der Waals surface area contributed by atoms with Crippen molar-refractivity contribution in [1.82, 2.24) is 15.5 Å². The van der Waals surface area contributed by atoms with Crippen molar-refractivity contribution in [2.45, 2.75) is 50.1 Å². The molecule has 2 fully saturated rings. The molecule has 2 N–H and O–H groups in total. The van der Waals surface area contributed by atoms with E-state index in [1.54, 1.807) is 0 Å². The van der Waals surface area contributed by atoms with Gasteiger partial charge in [-0.1, -0.05) is 36.8 Å². The predicted molar refractivity (Wildman–Crippen MR) is 107 cm³/mol. The maximum atomic E-state index is 12.8. The molecule has 2 aliphatic rings. The first-order chi connectivity index (χ1) is 12.7. The molecule has 6 nitrogen and oxygen atoms in total. The standard InChI is InChI=1S/C20H29N3O3.ClH/c1-26-18(24)9-5-6-12-20(16-7-3-2-4-8-16)15-22-19(25)23(20)17-10-13-21-14-11-17;/h2-4,7-8,17,21H,5-6,9-15H2,1H3,(H,22,25);1H. The Labute approximate surface area is 167 Å². The van der Waals surface area contributed by atoms with E-state index in [0.717, 1.165) is 45.2 Å². The van der Waals surface area contributed by atoms with Gasteiger partial charge in [0.05, 0.1) is 12.6 Å². The Bertz CT molecular complexity index is 622. The Kier molecular flexibility index (Phi) is 7.92. The molecule has 1 unspecified atom stereocenters. The number of amides is 2. The number of urea groups is 1. The van der Waals surface area contributed by atoms with Gasteiger partial charge in [-0.3, -0.25) is 4.79 Å². The summed E-state index contributed by atoms with van der Waals surface area (Å²) in [6.07, 6.45) is 4.87. The van der Waals surface area contributed by atoms with Crippen LogP contribution in [0.2, 0.25) is 0 Å². The van der Waals surface area contributed by atoms with E-state index >= 15 is 0 Å². The molecule has 7 heteroatoms. The zero-order valence-electron chi connectivity index (χ0n) is 15.9. The highest BCUT2D eigenvalue weighted by Crippen LogP contribution is 2.40. The van der Waals surface area contributed by atoms with E-state index < -0.39 is 0 Å². The number of hydrogen-bond donors (Lipinski definition) is 2. The maximum absolute atomic E-state index is 12.8. The van der Waals surface area contributed by atoms with Gasteiger partial charge in [-0.2, -0.15) is 0 Å². The molecule has 150 valence electrons. The predicted octanol–water partition coefficient (Wildman–Crippen LogP) is 2.81. The van der Waals surface area contributed by atoms with E-state index in [1.165, 1.54) is 12.7 Å². The number of benzene rings is 1. The van der Waals surface area contributed by atoms with Gasteiger partial charge in [-0.25, -0.2) is 4.79 Å². The highest BCUT2D eigenvalue weighted by Gasteiger charge is 2.49. The van der Waals surface area contributed by atoms with Crippen molar-refractivity contribution in [3.63, 3.8) is 0 Å². The van der Waals surface area contributed by atoms with Gasteiger partial charge in [0.2, 0.25) is 0 Å². The SMILES string of the molecule is COC(=O)CCCCC1(c2ccccc2)CNC(=O)N1C1CCNCC1.Cl. The summed E-state index contributed by atoms with van der Waals surface area (Å²) >= 11 is 0. The molecule has 0 spiro atoms. The molecule has 2 saturated heterocycles. The largest absolute Gasteiger partial charge is 0.469 e. The first-order valence-corrected chi connectivity index (χ1v) is 9.57. The summed E-state index contributed by atoms with van der Waals surface area (Å²) in [6.45, 7) is 2.52. The van der Waals surface area contributed by atoms with Crippen LogP contribution in [0.15, 0.2) is 30.3 Å². The van der Waals surface area contributed by atoms with E-state index in [0.29, 0.717) is 13.0 Å². The highest BCUT2D eigenvalue weighted by molar-refractivity contribution is 5.85. The summed E-state index contributed by atoms with van der Waals surface area (Å²) in [7, 11) is 1.42. The maximum Gasteiger partial charge on any atom is 0.318 e. The Morgan fingerprint density at radius 3 is 2.59 bits per heavy atom. The van der Waals surface area contributed by atoms with E-state index in [-0.39, 0.29) is 36.0 Å². The van der Waals surface area contributed by atoms with Gasteiger partial charge in [0.25, 0.3) is 0 Å². The fraction of sp³-hybridized carbons (Fsp3) is 0.600. The number of unbranched alkanes of at least 4 members (excludes halogenated alkanes) is 1. The van der Waals surface area contributed by atoms with E-state index in [4.69, 9.17) is 4.74 Å². The van der Waals surface area contributed by atoms with E-state index in [9.17, 15) is 9.59 Å². The van der Waals surface area contributed by atoms with Crippen molar-refractivity contribution in [3.8, 4) is 0 Å². The number of carbonyl (C=O) groups is 2. The topological polar surface area (TPSA) is 70.7 Å². The molecule has 27 heavy (non-hydrogen) atoms. The van der Waals surface area contributed by atoms with Crippen molar-refractivity contribution in [1.29, 1.82) is 0 Å². The molecule has 3 rings (SSSR count). The van der Waals surface area contributed by atoms with Gasteiger partial charge in [0, 0.05) is 19.0 Å². The van der Waals surface area contributed by atoms with Crippen LogP contribution in [0.25, 0.3) is 0 Å². The average Bonchev–Trinajstić information content (AvgIpc) is 3.03. The molecule has 1 aromatic rings. The Balaban J connectivity index is 0.00000261. The lowest BCUT2D eigenvalue weighted by atomic mass is 9.82. The third-order valence-electron chi connectivity index (χ3n) is 5.65. The number of piperidine rings is 1. The number of nitrogens with one attached hydrogen (secondary N) is 2. The number of methoxy groups -OCH3 is 1. The second-order valence-corrected chi connectivity index (χ2v) is 7.19. The van der Waals surface area contributed by atoms with Crippen molar-refractivity contribution in [3.05, 3.63) is 35.9 Å². The molecule has 0 bridgehead atoms. The van der Waals surface area contributed by atoms with Gasteiger partial charge < -0.3 is 20.3 Å². The fourth-order valence-corrected chi connectivity index (χ4v) is 4.30. The van der Waals surface area contributed by atoms with Gasteiger partial charge in [0.1, 0.15) is 0 Å². The van der Waals surface area contributed by atoms with Crippen molar-refractivity contribution in [2.75, 3.05) is 26.7 Å². The lowest BCUT2D eigenvalue weighted by Crippen LogP contribution is -2.53. The summed E-state index contributed by atoms with van der Waals surface area (Å²) in [5.74, 6) is -0.172. The first-order valence-electron chi connectivity index (χ1n) is 9.57. The molecule has 0 saturated carbocycles. The summed E-state index contributed by atoms with van der Waals surface area (Å²) in [5.41, 5.74) is 0.839. The van der Waals surface area contributed by atoms with Crippen LogP contribution >= 0.6 is 12.4 Å². The monoisotopic (exact) mass is 395 g/mol. The van der Waals surface area contributed by atoms with Crippen LogP contribution < -0.4 is 10.6 Å². The van der Waals surface area contributed by atoms with Crippen molar-refractivity contribution >= 4 is 24.4 Å². The quantitative estimate of drug-likeness (QED) is 0.550. The minimum absolute atomic E-state index is 0.